The Morgan fingerprint density at radius 2 is 2.14 bits per heavy atom. The van der Waals surface area contributed by atoms with E-state index in [0.717, 1.165) is 25.8 Å². The molecule has 1 aromatic rings. The smallest absolute Gasteiger partial charge is 0.256 e. The second kappa shape index (κ2) is 6.94. The predicted molar refractivity (Wildman–Crippen MR) is 82.1 cm³/mol. The molecule has 1 fully saturated rings. The monoisotopic (exact) mass is 291 g/mol. The number of piperidine rings is 1. The summed E-state index contributed by atoms with van der Waals surface area (Å²) in [6, 6.07) is 7.31. The van der Waals surface area contributed by atoms with Gasteiger partial charge in [-0.3, -0.25) is 4.79 Å². The van der Waals surface area contributed by atoms with Crippen LogP contribution in [-0.4, -0.2) is 35.6 Å². The maximum absolute atomic E-state index is 12.6. The first-order valence-corrected chi connectivity index (χ1v) is 7.67. The zero-order chi connectivity index (χ0) is 15.4. The molecule has 0 saturated carbocycles. The normalized spacial score (nSPS) is 20.4. The SMILES string of the molecule is COc1cccc(C(O)C(=O)N2CCCCC2C(C)C)c1. The van der Waals surface area contributed by atoms with Crippen LogP contribution in [0.3, 0.4) is 0 Å². The lowest BCUT2D eigenvalue weighted by molar-refractivity contribution is -0.145. The third kappa shape index (κ3) is 3.56. The Balaban J connectivity index is 2.16. The first-order chi connectivity index (χ1) is 10.0. The molecule has 4 nitrogen and oxygen atoms in total. The third-order valence-corrected chi connectivity index (χ3v) is 4.25. The summed E-state index contributed by atoms with van der Waals surface area (Å²) in [7, 11) is 1.58. The van der Waals surface area contributed by atoms with E-state index in [0.29, 0.717) is 17.2 Å². The Labute approximate surface area is 126 Å². The summed E-state index contributed by atoms with van der Waals surface area (Å²) in [5.74, 6) is 0.867. The highest BCUT2D eigenvalue weighted by atomic mass is 16.5. The Bertz CT molecular complexity index is 487. The molecule has 116 valence electrons. The molecule has 2 unspecified atom stereocenters. The van der Waals surface area contributed by atoms with E-state index in [2.05, 4.69) is 13.8 Å². The van der Waals surface area contributed by atoms with Crippen molar-refractivity contribution in [1.82, 2.24) is 4.90 Å². The minimum atomic E-state index is -1.11. The van der Waals surface area contributed by atoms with Crippen LogP contribution in [0, 0.1) is 5.92 Å². The van der Waals surface area contributed by atoms with Crippen molar-refractivity contribution in [2.45, 2.75) is 45.3 Å². The van der Waals surface area contributed by atoms with Crippen molar-refractivity contribution in [2.75, 3.05) is 13.7 Å². The molecule has 1 aromatic carbocycles. The number of aliphatic hydroxyl groups excluding tert-OH is 1. The van der Waals surface area contributed by atoms with Crippen molar-refractivity contribution in [3.63, 3.8) is 0 Å². The maximum Gasteiger partial charge on any atom is 0.256 e. The lowest BCUT2D eigenvalue weighted by Crippen LogP contribution is -2.48. The number of hydrogen-bond donors (Lipinski definition) is 1. The third-order valence-electron chi connectivity index (χ3n) is 4.25. The minimum absolute atomic E-state index is 0.193. The summed E-state index contributed by atoms with van der Waals surface area (Å²) in [5.41, 5.74) is 0.590. The highest BCUT2D eigenvalue weighted by molar-refractivity contribution is 5.82. The van der Waals surface area contributed by atoms with Crippen molar-refractivity contribution in [2.24, 2.45) is 5.92 Å². The number of carbonyl (C=O) groups excluding carboxylic acids is 1. The molecular weight excluding hydrogens is 266 g/mol. The minimum Gasteiger partial charge on any atom is -0.497 e. The molecule has 2 rings (SSSR count). The number of nitrogens with zero attached hydrogens (tertiary/aromatic N) is 1. The van der Waals surface area contributed by atoms with Gasteiger partial charge in [-0.2, -0.15) is 0 Å². The molecule has 1 N–H and O–H groups in total. The Hall–Kier alpha value is -1.55. The number of aliphatic hydroxyl groups is 1. The van der Waals surface area contributed by atoms with Crippen LogP contribution in [0.5, 0.6) is 5.75 Å². The molecule has 1 saturated heterocycles. The Kier molecular flexibility index (Phi) is 5.23. The van der Waals surface area contributed by atoms with Gasteiger partial charge in [-0.15, -0.1) is 0 Å². The van der Waals surface area contributed by atoms with Crippen LogP contribution in [0.15, 0.2) is 24.3 Å². The number of methoxy groups -OCH3 is 1. The van der Waals surface area contributed by atoms with E-state index in [1.165, 1.54) is 0 Å². The number of hydrogen-bond acceptors (Lipinski definition) is 3. The zero-order valence-electron chi connectivity index (χ0n) is 13.1. The van der Waals surface area contributed by atoms with Crippen LogP contribution >= 0.6 is 0 Å². The number of rotatable bonds is 4. The molecule has 1 aliphatic heterocycles. The van der Waals surface area contributed by atoms with Gasteiger partial charge in [0.15, 0.2) is 6.10 Å². The quantitative estimate of drug-likeness (QED) is 0.928. The molecule has 0 radical (unpaired) electrons. The second-order valence-electron chi connectivity index (χ2n) is 6.02. The molecule has 1 heterocycles. The van der Waals surface area contributed by atoms with E-state index < -0.39 is 6.10 Å². The Morgan fingerprint density at radius 1 is 1.38 bits per heavy atom. The van der Waals surface area contributed by atoms with Crippen molar-refractivity contribution in [3.8, 4) is 5.75 Å². The molecule has 0 aliphatic carbocycles. The molecule has 4 heteroatoms. The number of likely N-dealkylation sites (tertiary alicyclic amines) is 1. The standard InChI is InChI=1S/C17H25NO3/c1-12(2)15-9-4-5-10-18(15)17(20)16(19)13-7-6-8-14(11-13)21-3/h6-8,11-12,15-16,19H,4-5,9-10H2,1-3H3. The molecule has 1 aliphatic rings. The van der Waals surface area contributed by atoms with Crippen LogP contribution in [0.2, 0.25) is 0 Å². The predicted octanol–water partition coefficient (Wildman–Crippen LogP) is 2.77. The van der Waals surface area contributed by atoms with E-state index in [1.54, 1.807) is 31.4 Å². The summed E-state index contributed by atoms with van der Waals surface area (Å²) in [6.07, 6.45) is 2.08. The number of carbonyl (C=O) groups is 1. The van der Waals surface area contributed by atoms with Crippen molar-refractivity contribution in [1.29, 1.82) is 0 Å². The van der Waals surface area contributed by atoms with E-state index >= 15 is 0 Å². The molecule has 0 aromatic heterocycles. The van der Waals surface area contributed by atoms with Crippen molar-refractivity contribution >= 4 is 5.91 Å². The zero-order valence-corrected chi connectivity index (χ0v) is 13.1. The average molecular weight is 291 g/mol. The van der Waals surface area contributed by atoms with E-state index in [-0.39, 0.29) is 11.9 Å². The summed E-state index contributed by atoms with van der Waals surface area (Å²) < 4.78 is 5.15. The summed E-state index contributed by atoms with van der Waals surface area (Å²) in [6.45, 7) is 5.01. The van der Waals surface area contributed by atoms with Crippen molar-refractivity contribution < 1.29 is 14.6 Å². The fourth-order valence-corrected chi connectivity index (χ4v) is 3.04. The van der Waals surface area contributed by atoms with Gasteiger partial charge in [0, 0.05) is 12.6 Å². The summed E-state index contributed by atoms with van der Waals surface area (Å²) in [5, 5.41) is 10.4. The van der Waals surface area contributed by atoms with Gasteiger partial charge in [0.1, 0.15) is 5.75 Å². The van der Waals surface area contributed by atoms with E-state index in [1.807, 2.05) is 4.90 Å². The van der Waals surface area contributed by atoms with Crippen LogP contribution in [0.4, 0.5) is 0 Å². The number of benzene rings is 1. The van der Waals surface area contributed by atoms with Gasteiger partial charge in [-0.05, 0) is 42.9 Å². The van der Waals surface area contributed by atoms with Gasteiger partial charge in [-0.1, -0.05) is 26.0 Å². The Morgan fingerprint density at radius 3 is 2.81 bits per heavy atom. The lowest BCUT2D eigenvalue weighted by atomic mass is 9.92. The number of amides is 1. The van der Waals surface area contributed by atoms with Crippen LogP contribution in [-0.2, 0) is 4.79 Å². The highest BCUT2D eigenvalue weighted by Gasteiger charge is 2.32. The highest BCUT2D eigenvalue weighted by Crippen LogP contribution is 2.27. The van der Waals surface area contributed by atoms with Gasteiger partial charge in [0.25, 0.3) is 5.91 Å². The molecular formula is C17H25NO3. The van der Waals surface area contributed by atoms with Crippen molar-refractivity contribution in [3.05, 3.63) is 29.8 Å². The largest absolute Gasteiger partial charge is 0.497 e. The molecule has 0 spiro atoms. The topological polar surface area (TPSA) is 49.8 Å². The first-order valence-electron chi connectivity index (χ1n) is 7.67. The fraction of sp³-hybridized carbons (Fsp3) is 0.588. The first kappa shape index (κ1) is 15.8. The van der Waals surface area contributed by atoms with Gasteiger partial charge in [0.2, 0.25) is 0 Å². The van der Waals surface area contributed by atoms with Gasteiger partial charge in [0.05, 0.1) is 7.11 Å². The van der Waals surface area contributed by atoms with E-state index in [4.69, 9.17) is 4.74 Å². The number of ether oxygens (including phenoxy) is 1. The summed E-state index contributed by atoms with van der Waals surface area (Å²) >= 11 is 0. The molecule has 0 bridgehead atoms. The van der Waals surface area contributed by atoms with Crippen LogP contribution in [0.25, 0.3) is 0 Å². The van der Waals surface area contributed by atoms with Gasteiger partial charge in [-0.25, -0.2) is 0 Å². The van der Waals surface area contributed by atoms with Crippen LogP contribution < -0.4 is 4.74 Å². The van der Waals surface area contributed by atoms with Gasteiger partial charge < -0.3 is 14.7 Å². The lowest BCUT2D eigenvalue weighted by Gasteiger charge is -2.39. The summed E-state index contributed by atoms with van der Waals surface area (Å²) in [4.78, 5) is 14.5. The molecule has 2 atom stereocenters. The van der Waals surface area contributed by atoms with Crippen LogP contribution in [0.1, 0.15) is 44.8 Å². The fourth-order valence-electron chi connectivity index (χ4n) is 3.04. The molecule has 21 heavy (non-hydrogen) atoms. The van der Waals surface area contributed by atoms with E-state index in [9.17, 15) is 9.90 Å². The molecule has 1 amide bonds. The maximum atomic E-state index is 12.6. The average Bonchev–Trinajstić information content (AvgIpc) is 2.53. The van der Waals surface area contributed by atoms with Gasteiger partial charge >= 0.3 is 0 Å². The second-order valence-corrected chi connectivity index (χ2v) is 6.02.